The molecule has 0 amide bonds. The number of carbonyl (C=O) groups excluding carboxylic acids is 1. The van der Waals surface area contributed by atoms with Crippen LogP contribution in [0.4, 0.5) is 0 Å². The zero-order valence-electron chi connectivity index (χ0n) is 7.56. The molecule has 7 heteroatoms. The molecule has 0 aromatic carbocycles. The van der Waals surface area contributed by atoms with Gasteiger partial charge in [-0.3, -0.25) is 4.79 Å². The molecule has 0 bridgehead atoms. The number of carboxylic acid groups (broad SMARTS) is 1. The van der Waals surface area contributed by atoms with Crippen LogP contribution in [0.25, 0.3) is 0 Å². The van der Waals surface area contributed by atoms with E-state index in [-0.39, 0.29) is 6.42 Å². The van der Waals surface area contributed by atoms with Gasteiger partial charge in [0.15, 0.2) is 5.54 Å². The zero-order chi connectivity index (χ0) is 11.1. The number of aliphatic hydroxyl groups is 1. The molecule has 0 radical (unpaired) electrons. The van der Waals surface area contributed by atoms with Crippen molar-refractivity contribution in [2.24, 2.45) is 17.5 Å². The highest BCUT2D eigenvalue weighted by molar-refractivity contribution is 5.91. The van der Waals surface area contributed by atoms with Crippen LogP contribution in [0.5, 0.6) is 0 Å². The lowest BCUT2D eigenvalue weighted by molar-refractivity contribution is -0.200. The van der Waals surface area contributed by atoms with E-state index in [0.29, 0.717) is 0 Å². The molecule has 3 atom stereocenters. The lowest BCUT2D eigenvalue weighted by Crippen LogP contribution is -2.78. The smallest absolute Gasteiger partial charge is 0.330 e. The molecule has 7 nitrogen and oxygen atoms in total. The first-order chi connectivity index (χ1) is 6.27. The fourth-order valence-electron chi connectivity index (χ4n) is 1.70. The number of carbonyl (C=O) groups is 2. The number of hydrogen-bond acceptors (Lipinski definition) is 6. The van der Waals surface area contributed by atoms with Crippen molar-refractivity contribution in [3.05, 3.63) is 0 Å². The molecule has 0 aliphatic heterocycles. The van der Waals surface area contributed by atoms with Crippen molar-refractivity contribution < 1.29 is 24.6 Å². The van der Waals surface area contributed by atoms with Crippen molar-refractivity contribution in [2.45, 2.75) is 24.5 Å². The summed E-state index contributed by atoms with van der Waals surface area (Å²) in [4.78, 5) is 25.7. The minimum Gasteiger partial charge on any atom is -0.480 e. The molecular formula is C7H12N2O5. The van der Waals surface area contributed by atoms with E-state index in [1.807, 2.05) is 0 Å². The lowest BCUT2D eigenvalue weighted by Gasteiger charge is -2.53. The maximum Gasteiger partial charge on any atom is 0.330 e. The molecule has 6 N–H and O–H groups in total. The molecule has 0 saturated heterocycles. The van der Waals surface area contributed by atoms with Crippen molar-refractivity contribution in [1.82, 2.24) is 0 Å². The zero-order valence-corrected chi connectivity index (χ0v) is 7.56. The average Bonchev–Trinajstić information content (AvgIpc) is 2.11. The highest BCUT2D eigenvalue weighted by atomic mass is 16.7. The van der Waals surface area contributed by atoms with Gasteiger partial charge in [0.05, 0.1) is 11.5 Å². The summed E-state index contributed by atoms with van der Waals surface area (Å²) in [6, 6.07) is 0. The maximum absolute atomic E-state index is 11.0. The minimum absolute atomic E-state index is 0.0775. The van der Waals surface area contributed by atoms with Crippen molar-refractivity contribution in [1.29, 1.82) is 0 Å². The number of hydrogen-bond donors (Lipinski definition) is 4. The Morgan fingerprint density at radius 3 is 2.36 bits per heavy atom. The van der Waals surface area contributed by atoms with E-state index in [4.69, 9.17) is 10.8 Å². The van der Waals surface area contributed by atoms with Gasteiger partial charge in [0.25, 0.3) is 0 Å². The third-order valence-electron chi connectivity index (χ3n) is 2.80. The maximum atomic E-state index is 11.0. The van der Waals surface area contributed by atoms with E-state index in [9.17, 15) is 14.7 Å². The number of nitrogens with two attached hydrogens (primary N) is 2. The van der Waals surface area contributed by atoms with Crippen LogP contribution < -0.4 is 11.6 Å². The van der Waals surface area contributed by atoms with E-state index in [0.717, 1.165) is 0 Å². The Balaban J connectivity index is 2.97. The van der Waals surface area contributed by atoms with Crippen molar-refractivity contribution in [2.75, 3.05) is 0 Å². The van der Waals surface area contributed by atoms with Crippen LogP contribution in [-0.2, 0) is 14.4 Å². The first kappa shape index (κ1) is 10.9. The highest BCUT2D eigenvalue weighted by Crippen LogP contribution is 2.46. The summed E-state index contributed by atoms with van der Waals surface area (Å²) < 4.78 is 0. The molecule has 0 aromatic heterocycles. The van der Waals surface area contributed by atoms with Gasteiger partial charge < -0.3 is 20.8 Å². The molecule has 0 aromatic rings. The highest BCUT2D eigenvalue weighted by Gasteiger charge is 2.68. The fraction of sp³-hybridized carbons (Fsp3) is 0.714. The summed E-state index contributed by atoms with van der Waals surface area (Å²) in [5, 5.41) is 18.4. The second-order valence-corrected chi connectivity index (χ2v) is 3.64. The van der Waals surface area contributed by atoms with Crippen molar-refractivity contribution in [3.63, 3.8) is 0 Å². The van der Waals surface area contributed by atoms with Crippen LogP contribution in [0.1, 0.15) is 13.3 Å². The third-order valence-corrected chi connectivity index (χ3v) is 2.80. The Hall–Kier alpha value is -1.18. The van der Waals surface area contributed by atoms with Gasteiger partial charge in [-0.1, -0.05) is 0 Å². The summed E-state index contributed by atoms with van der Waals surface area (Å²) >= 11 is 0. The Bertz CT molecular complexity index is 290. The molecule has 1 saturated carbocycles. The van der Waals surface area contributed by atoms with Crippen LogP contribution in [0.15, 0.2) is 0 Å². The molecule has 0 spiro atoms. The first-order valence-corrected chi connectivity index (χ1v) is 3.92. The normalized spacial score (nSPS) is 41.3. The molecule has 1 rings (SSSR count). The van der Waals surface area contributed by atoms with Crippen LogP contribution in [-0.4, -0.2) is 33.3 Å². The standard InChI is InChI=1S/C7H12N2O5/c1-6(13)2-3(4(10)14-9)7(6,8)5(11)12/h3,13H,2,8-9H2,1H3,(H,11,12). The number of carboxylic acids is 1. The van der Waals surface area contributed by atoms with Crippen molar-refractivity contribution in [3.8, 4) is 0 Å². The van der Waals surface area contributed by atoms with E-state index < -0.39 is 29.0 Å². The Labute approximate surface area is 79.6 Å². The second-order valence-electron chi connectivity index (χ2n) is 3.64. The first-order valence-electron chi connectivity index (χ1n) is 3.92. The molecule has 1 aliphatic rings. The Morgan fingerprint density at radius 2 is 2.07 bits per heavy atom. The van der Waals surface area contributed by atoms with Gasteiger partial charge in [-0.2, -0.15) is 5.90 Å². The van der Waals surface area contributed by atoms with Crippen LogP contribution in [0.3, 0.4) is 0 Å². The monoisotopic (exact) mass is 204 g/mol. The van der Waals surface area contributed by atoms with Gasteiger partial charge in [-0.25, -0.2) is 4.79 Å². The second kappa shape index (κ2) is 2.91. The van der Waals surface area contributed by atoms with Crippen LogP contribution in [0.2, 0.25) is 0 Å². The number of aliphatic carboxylic acids is 1. The predicted molar refractivity (Wildman–Crippen MR) is 43.6 cm³/mol. The molecule has 1 fully saturated rings. The summed E-state index contributed by atoms with van der Waals surface area (Å²) in [5.74, 6) is 1.12. The van der Waals surface area contributed by atoms with E-state index >= 15 is 0 Å². The summed E-state index contributed by atoms with van der Waals surface area (Å²) in [6.45, 7) is 1.25. The largest absolute Gasteiger partial charge is 0.480 e. The molecule has 14 heavy (non-hydrogen) atoms. The molecule has 80 valence electrons. The van der Waals surface area contributed by atoms with Crippen LogP contribution >= 0.6 is 0 Å². The van der Waals surface area contributed by atoms with Gasteiger partial charge in [-0.05, 0) is 13.3 Å². The fourth-order valence-corrected chi connectivity index (χ4v) is 1.70. The molecule has 1 aliphatic carbocycles. The Morgan fingerprint density at radius 1 is 1.57 bits per heavy atom. The average molecular weight is 204 g/mol. The summed E-state index contributed by atoms with van der Waals surface area (Å²) in [6.07, 6.45) is -0.0775. The van der Waals surface area contributed by atoms with E-state index in [1.54, 1.807) is 0 Å². The third kappa shape index (κ3) is 1.10. The Kier molecular flexibility index (Phi) is 2.26. The van der Waals surface area contributed by atoms with Crippen LogP contribution in [0, 0.1) is 5.92 Å². The topological polar surface area (TPSA) is 136 Å². The van der Waals surface area contributed by atoms with Gasteiger partial charge in [0.1, 0.15) is 0 Å². The SMILES string of the molecule is CC1(O)CC(C(=O)ON)C1(N)C(=O)O. The molecule has 3 unspecified atom stereocenters. The molecule has 0 heterocycles. The van der Waals surface area contributed by atoms with Gasteiger partial charge >= 0.3 is 11.9 Å². The number of rotatable bonds is 2. The van der Waals surface area contributed by atoms with Gasteiger partial charge in [0, 0.05) is 0 Å². The van der Waals surface area contributed by atoms with Gasteiger partial charge in [0.2, 0.25) is 0 Å². The molecular weight excluding hydrogens is 192 g/mol. The van der Waals surface area contributed by atoms with Gasteiger partial charge in [-0.15, -0.1) is 0 Å². The quantitative estimate of drug-likeness (QED) is 0.380. The van der Waals surface area contributed by atoms with E-state index in [1.165, 1.54) is 6.92 Å². The van der Waals surface area contributed by atoms with Crippen molar-refractivity contribution >= 4 is 11.9 Å². The minimum atomic E-state index is -2.02. The predicted octanol–water partition coefficient (Wildman–Crippen LogP) is -2.04. The lowest BCUT2D eigenvalue weighted by atomic mass is 9.56. The van der Waals surface area contributed by atoms with E-state index in [2.05, 4.69) is 10.7 Å². The summed E-state index contributed by atoms with van der Waals surface area (Å²) in [7, 11) is 0. The summed E-state index contributed by atoms with van der Waals surface area (Å²) in [5.41, 5.74) is 1.79.